The number of unbranched alkanes of at least 4 members (excludes halogenated alkanes) is 7. The Bertz CT molecular complexity index is 159. The summed E-state index contributed by atoms with van der Waals surface area (Å²) in [6.07, 6.45) is 12.2. The topological polar surface area (TPSA) is 12.0 Å². The van der Waals surface area contributed by atoms with E-state index in [1.165, 1.54) is 51.4 Å². The van der Waals surface area contributed by atoms with Gasteiger partial charge in [0.15, 0.2) is 0 Å². The van der Waals surface area contributed by atoms with E-state index in [0.717, 1.165) is 19.5 Å². The van der Waals surface area contributed by atoms with E-state index < -0.39 is 0 Å². The quantitative estimate of drug-likeness (QED) is 0.352. The van der Waals surface area contributed by atoms with Crippen molar-refractivity contribution in [2.45, 2.75) is 83.9 Å². The van der Waals surface area contributed by atoms with E-state index in [1.54, 1.807) is 0 Å². The minimum atomic E-state index is 0.305. The van der Waals surface area contributed by atoms with Gasteiger partial charge in [0.1, 0.15) is 0 Å². The Kier molecular flexibility index (Phi) is 13.9. The maximum Gasteiger partial charge on any atom is 0.0463 e. The number of halogens is 1. The molecule has 0 saturated carbocycles. The van der Waals surface area contributed by atoms with Gasteiger partial charge in [0.25, 0.3) is 0 Å². The molecule has 0 rings (SSSR count). The highest BCUT2D eigenvalue weighted by atomic mass is 35.5. The second-order valence-corrected chi connectivity index (χ2v) is 6.52. The number of nitrogens with one attached hydrogen (secondary N) is 1. The molecule has 0 aliphatic rings. The number of alkyl halides is 1. The molecule has 0 spiro atoms. The summed E-state index contributed by atoms with van der Waals surface area (Å²) >= 11 is 6.22. The monoisotopic (exact) mass is 275 g/mol. The molecule has 0 aromatic carbocycles. The van der Waals surface area contributed by atoms with Crippen molar-refractivity contribution in [2.24, 2.45) is 5.92 Å². The fourth-order valence-electron chi connectivity index (χ4n) is 2.24. The zero-order valence-electron chi connectivity index (χ0n) is 12.8. The van der Waals surface area contributed by atoms with Gasteiger partial charge >= 0.3 is 0 Å². The van der Waals surface area contributed by atoms with E-state index in [9.17, 15) is 0 Å². The van der Waals surface area contributed by atoms with Crippen molar-refractivity contribution in [3.05, 3.63) is 0 Å². The Morgan fingerprint density at radius 1 is 0.889 bits per heavy atom. The summed E-state index contributed by atoms with van der Waals surface area (Å²) in [5.41, 5.74) is 0. The van der Waals surface area contributed by atoms with E-state index in [0.29, 0.717) is 11.3 Å². The first-order valence-electron chi connectivity index (χ1n) is 8.01. The van der Waals surface area contributed by atoms with Gasteiger partial charge in [0.2, 0.25) is 0 Å². The third kappa shape index (κ3) is 14.3. The molecular weight excluding hydrogens is 242 g/mol. The van der Waals surface area contributed by atoms with Crippen LogP contribution in [0.3, 0.4) is 0 Å². The lowest BCUT2D eigenvalue weighted by atomic mass is 10.1. The summed E-state index contributed by atoms with van der Waals surface area (Å²) in [6.45, 7) is 8.84. The Morgan fingerprint density at radius 2 is 1.44 bits per heavy atom. The lowest BCUT2D eigenvalue weighted by molar-refractivity contribution is 0.517. The Labute approximate surface area is 120 Å². The van der Waals surface area contributed by atoms with Gasteiger partial charge in [-0.2, -0.15) is 0 Å². The number of hydrogen-bond donors (Lipinski definition) is 1. The zero-order valence-corrected chi connectivity index (χ0v) is 13.6. The van der Waals surface area contributed by atoms with Crippen LogP contribution in [0, 0.1) is 5.92 Å². The van der Waals surface area contributed by atoms with Crippen molar-refractivity contribution < 1.29 is 0 Å². The third-order valence-corrected chi connectivity index (χ3v) is 3.63. The Morgan fingerprint density at radius 3 is 2.00 bits per heavy atom. The molecule has 0 aromatic heterocycles. The predicted octanol–water partition coefficient (Wildman–Crippen LogP) is 5.37. The molecule has 1 atom stereocenters. The minimum absolute atomic E-state index is 0.305. The van der Waals surface area contributed by atoms with Crippen molar-refractivity contribution in [1.29, 1.82) is 0 Å². The maximum absolute atomic E-state index is 6.22. The van der Waals surface area contributed by atoms with Crippen molar-refractivity contribution >= 4 is 11.6 Å². The van der Waals surface area contributed by atoms with Gasteiger partial charge in [-0.15, -0.1) is 11.6 Å². The van der Waals surface area contributed by atoms with E-state index >= 15 is 0 Å². The van der Waals surface area contributed by atoms with E-state index in [2.05, 4.69) is 26.1 Å². The van der Waals surface area contributed by atoms with Crippen LogP contribution >= 0.6 is 11.6 Å². The SMILES string of the molecule is CCCCCCCCCCNCC(Cl)CC(C)C. The van der Waals surface area contributed by atoms with Crippen LogP contribution in [0.15, 0.2) is 0 Å². The van der Waals surface area contributed by atoms with Crippen LogP contribution < -0.4 is 5.32 Å². The molecule has 18 heavy (non-hydrogen) atoms. The average Bonchev–Trinajstić information content (AvgIpc) is 2.30. The van der Waals surface area contributed by atoms with E-state index in [1.807, 2.05) is 0 Å². The molecule has 0 aromatic rings. The summed E-state index contributed by atoms with van der Waals surface area (Å²) in [7, 11) is 0. The van der Waals surface area contributed by atoms with Crippen LogP contribution in [0.4, 0.5) is 0 Å². The largest absolute Gasteiger partial charge is 0.315 e. The van der Waals surface area contributed by atoms with Crippen molar-refractivity contribution in [2.75, 3.05) is 13.1 Å². The molecule has 2 heteroatoms. The summed E-state index contributed by atoms with van der Waals surface area (Å²) in [6, 6.07) is 0. The summed E-state index contributed by atoms with van der Waals surface area (Å²) in [4.78, 5) is 0. The van der Waals surface area contributed by atoms with Crippen LogP contribution in [0.25, 0.3) is 0 Å². The Hall–Kier alpha value is 0.250. The first kappa shape index (κ1) is 18.2. The Balaban J connectivity index is 3.07. The molecular formula is C16H34ClN. The molecule has 0 bridgehead atoms. The fourth-order valence-corrected chi connectivity index (χ4v) is 2.70. The second kappa shape index (κ2) is 13.7. The predicted molar refractivity (Wildman–Crippen MR) is 84.6 cm³/mol. The standard InChI is InChI=1S/C16H34ClN/c1-4-5-6-7-8-9-10-11-12-18-14-16(17)13-15(2)3/h15-16,18H,4-14H2,1-3H3. The number of rotatable bonds is 13. The van der Waals surface area contributed by atoms with Gasteiger partial charge in [0, 0.05) is 11.9 Å². The maximum atomic E-state index is 6.22. The highest BCUT2D eigenvalue weighted by Gasteiger charge is 2.05. The molecule has 1 nitrogen and oxygen atoms in total. The van der Waals surface area contributed by atoms with Gasteiger partial charge in [-0.25, -0.2) is 0 Å². The van der Waals surface area contributed by atoms with Gasteiger partial charge in [-0.3, -0.25) is 0 Å². The van der Waals surface area contributed by atoms with E-state index in [4.69, 9.17) is 11.6 Å². The summed E-state index contributed by atoms with van der Waals surface area (Å²) in [5.74, 6) is 0.706. The van der Waals surface area contributed by atoms with Crippen LogP contribution in [0.2, 0.25) is 0 Å². The first-order chi connectivity index (χ1) is 8.66. The zero-order chi connectivity index (χ0) is 13.6. The molecule has 0 radical (unpaired) electrons. The molecule has 0 aliphatic heterocycles. The summed E-state index contributed by atoms with van der Waals surface area (Å²) in [5, 5.41) is 3.77. The van der Waals surface area contributed by atoms with Gasteiger partial charge in [-0.05, 0) is 25.3 Å². The van der Waals surface area contributed by atoms with Gasteiger partial charge in [-0.1, -0.05) is 65.7 Å². The van der Waals surface area contributed by atoms with Crippen LogP contribution in [-0.2, 0) is 0 Å². The molecule has 0 saturated heterocycles. The molecule has 0 amide bonds. The molecule has 1 unspecified atom stereocenters. The fraction of sp³-hybridized carbons (Fsp3) is 1.00. The van der Waals surface area contributed by atoms with Crippen LogP contribution in [-0.4, -0.2) is 18.5 Å². The highest BCUT2D eigenvalue weighted by molar-refractivity contribution is 6.20. The lowest BCUT2D eigenvalue weighted by Gasteiger charge is -2.12. The highest BCUT2D eigenvalue weighted by Crippen LogP contribution is 2.10. The first-order valence-corrected chi connectivity index (χ1v) is 8.45. The van der Waals surface area contributed by atoms with Crippen molar-refractivity contribution in [3.63, 3.8) is 0 Å². The normalized spacial score (nSPS) is 13.2. The number of hydrogen-bond acceptors (Lipinski definition) is 1. The van der Waals surface area contributed by atoms with Crippen LogP contribution in [0.1, 0.15) is 78.6 Å². The van der Waals surface area contributed by atoms with Gasteiger partial charge in [0.05, 0.1) is 0 Å². The molecule has 1 N–H and O–H groups in total. The third-order valence-electron chi connectivity index (χ3n) is 3.30. The molecule has 110 valence electrons. The smallest absolute Gasteiger partial charge is 0.0463 e. The van der Waals surface area contributed by atoms with Crippen molar-refractivity contribution in [3.8, 4) is 0 Å². The molecule has 0 heterocycles. The lowest BCUT2D eigenvalue weighted by Crippen LogP contribution is -2.25. The van der Waals surface area contributed by atoms with Gasteiger partial charge < -0.3 is 5.32 Å². The summed E-state index contributed by atoms with van der Waals surface area (Å²) < 4.78 is 0. The van der Waals surface area contributed by atoms with Crippen LogP contribution in [0.5, 0.6) is 0 Å². The average molecular weight is 276 g/mol. The van der Waals surface area contributed by atoms with E-state index in [-0.39, 0.29) is 0 Å². The second-order valence-electron chi connectivity index (χ2n) is 5.91. The molecule has 0 fully saturated rings. The minimum Gasteiger partial charge on any atom is -0.315 e. The van der Waals surface area contributed by atoms with Crippen molar-refractivity contribution in [1.82, 2.24) is 5.32 Å². The molecule has 0 aliphatic carbocycles.